The topological polar surface area (TPSA) is 58.6 Å². The number of nitrogens with zero attached hydrogens (tertiary/aromatic N) is 1. The number of rotatable bonds is 12. The highest BCUT2D eigenvalue weighted by Gasteiger charge is 2.14. The average molecular weight is 369 g/mol. The fourth-order valence-electron chi connectivity index (χ4n) is 2.58. The first-order valence-electron chi connectivity index (χ1n) is 8.87. The number of carbonyl (C=O) groups is 2. The molecule has 0 aliphatic heterocycles. The van der Waals surface area contributed by atoms with Crippen molar-refractivity contribution in [3.63, 3.8) is 0 Å². The summed E-state index contributed by atoms with van der Waals surface area (Å²) in [5.41, 5.74) is 0.419. The summed E-state index contributed by atoms with van der Waals surface area (Å²) < 4.78 is 5.17. The van der Waals surface area contributed by atoms with E-state index >= 15 is 0 Å². The zero-order valence-electron chi connectivity index (χ0n) is 15.4. The number of unbranched alkanes of at least 4 members (excludes halogenated alkanes) is 1. The summed E-state index contributed by atoms with van der Waals surface area (Å²) >= 11 is 5.93. The highest BCUT2D eigenvalue weighted by atomic mass is 35.5. The Kier molecular flexibility index (Phi) is 10.2. The lowest BCUT2D eigenvalue weighted by Crippen LogP contribution is -2.27. The highest BCUT2D eigenvalue weighted by Crippen LogP contribution is 2.24. The number of ketones is 1. The number of benzene rings is 1. The zero-order valence-corrected chi connectivity index (χ0v) is 16.2. The molecule has 6 heteroatoms. The summed E-state index contributed by atoms with van der Waals surface area (Å²) in [6.45, 7) is 8.11. The van der Waals surface area contributed by atoms with Gasteiger partial charge in [-0.1, -0.05) is 25.4 Å². The maximum Gasteiger partial charge on any atom is 0.220 e. The summed E-state index contributed by atoms with van der Waals surface area (Å²) in [5.74, 6) is 0.236. The fraction of sp³-hybridized carbons (Fsp3) is 0.579. The molecule has 0 atom stereocenters. The first-order chi connectivity index (χ1) is 12.0. The number of carbonyl (C=O) groups excluding carboxylic acids is 2. The standard InChI is InChI=1S/C19H29ClN2O3/c1-4-22(5-2)13-7-6-12-21-19(24)11-9-17(23)16-14-15(20)8-10-18(16)25-3/h8,10,14H,4-7,9,11-13H2,1-3H3,(H,21,24). The van der Waals surface area contributed by atoms with Crippen LogP contribution in [0, 0.1) is 0 Å². The maximum absolute atomic E-state index is 12.3. The fourth-order valence-corrected chi connectivity index (χ4v) is 2.75. The number of hydrogen-bond donors (Lipinski definition) is 1. The lowest BCUT2D eigenvalue weighted by molar-refractivity contribution is -0.121. The van der Waals surface area contributed by atoms with Gasteiger partial charge >= 0.3 is 0 Å². The summed E-state index contributed by atoms with van der Waals surface area (Å²) in [4.78, 5) is 26.5. The van der Waals surface area contributed by atoms with E-state index in [9.17, 15) is 9.59 Å². The molecule has 0 aliphatic carbocycles. The van der Waals surface area contributed by atoms with Crippen molar-refractivity contribution in [2.45, 2.75) is 39.5 Å². The van der Waals surface area contributed by atoms with Crippen LogP contribution in [0.1, 0.15) is 49.9 Å². The van der Waals surface area contributed by atoms with Crippen LogP contribution >= 0.6 is 11.6 Å². The van der Waals surface area contributed by atoms with Crippen LogP contribution in [0.3, 0.4) is 0 Å². The van der Waals surface area contributed by atoms with Crippen LogP contribution < -0.4 is 10.1 Å². The molecule has 25 heavy (non-hydrogen) atoms. The molecule has 0 heterocycles. The van der Waals surface area contributed by atoms with Gasteiger partial charge < -0.3 is 15.0 Å². The van der Waals surface area contributed by atoms with Gasteiger partial charge in [0.15, 0.2) is 5.78 Å². The number of nitrogens with one attached hydrogen (secondary N) is 1. The molecular weight excluding hydrogens is 340 g/mol. The minimum atomic E-state index is -0.143. The third kappa shape index (κ3) is 7.88. The molecule has 5 nitrogen and oxygen atoms in total. The first-order valence-corrected chi connectivity index (χ1v) is 9.25. The second-order valence-electron chi connectivity index (χ2n) is 5.85. The molecule has 1 aromatic rings. The Morgan fingerprint density at radius 3 is 2.52 bits per heavy atom. The Morgan fingerprint density at radius 1 is 1.16 bits per heavy atom. The summed E-state index contributed by atoms with van der Waals surface area (Å²) in [6.07, 6.45) is 2.31. The van der Waals surface area contributed by atoms with Gasteiger partial charge in [-0.05, 0) is 50.7 Å². The van der Waals surface area contributed by atoms with Gasteiger partial charge in [0.1, 0.15) is 5.75 Å². The zero-order chi connectivity index (χ0) is 18.7. The number of methoxy groups -OCH3 is 1. The predicted octanol–water partition coefficient (Wildman–Crippen LogP) is 3.55. The van der Waals surface area contributed by atoms with Crippen molar-refractivity contribution in [3.05, 3.63) is 28.8 Å². The molecule has 0 radical (unpaired) electrons. The quantitative estimate of drug-likeness (QED) is 0.452. The van der Waals surface area contributed by atoms with Gasteiger partial charge in [0.2, 0.25) is 5.91 Å². The number of halogens is 1. The Morgan fingerprint density at radius 2 is 1.88 bits per heavy atom. The SMILES string of the molecule is CCN(CC)CCCCNC(=O)CCC(=O)c1cc(Cl)ccc1OC. The van der Waals surface area contributed by atoms with Crippen molar-refractivity contribution >= 4 is 23.3 Å². The molecule has 0 bridgehead atoms. The Balaban J connectivity index is 2.30. The van der Waals surface area contributed by atoms with Gasteiger partial charge in [-0.3, -0.25) is 9.59 Å². The van der Waals surface area contributed by atoms with Crippen LogP contribution in [0.15, 0.2) is 18.2 Å². The molecule has 1 N–H and O–H groups in total. The second kappa shape index (κ2) is 11.9. The molecule has 0 aromatic heterocycles. The van der Waals surface area contributed by atoms with Crippen LogP contribution in [-0.2, 0) is 4.79 Å². The summed E-state index contributed by atoms with van der Waals surface area (Å²) in [7, 11) is 1.50. The molecule has 0 aliphatic rings. The van der Waals surface area contributed by atoms with Gasteiger partial charge in [-0.2, -0.15) is 0 Å². The largest absolute Gasteiger partial charge is 0.496 e. The van der Waals surface area contributed by atoms with E-state index in [4.69, 9.17) is 16.3 Å². The van der Waals surface area contributed by atoms with E-state index in [0.29, 0.717) is 22.9 Å². The van der Waals surface area contributed by atoms with Gasteiger partial charge in [-0.25, -0.2) is 0 Å². The van der Waals surface area contributed by atoms with Crippen LogP contribution in [0.2, 0.25) is 5.02 Å². The van der Waals surface area contributed by atoms with E-state index in [-0.39, 0.29) is 24.5 Å². The molecule has 1 rings (SSSR count). The Labute approximate surface area is 155 Å². The number of Topliss-reactive ketones (excluding diaryl/α,β-unsaturated/α-hetero) is 1. The van der Waals surface area contributed by atoms with Crippen molar-refractivity contribution in [1.82, 2.24) is 10.2 Å². The van der Waals surface area contributed by atoms with Crippen molar-refractivity contribution in [1.29, 1.82) is 0 Å². The van der Waals surface area contributed by atoms with Gasteiger partial charge in [0, 0.05) is 24.4 Å². The van der Waals surface area contributed by atoms with Crippen LogP contribution in [0.4, 0.5) is 0 Å². The molecule has 1 amide bonds. The maximum atomic E-state index is 12.3. The average Bonchev–Trinajstić information content (AvgIpc) is 2.62. The molecule has 0 fully saturated rings. The van der Waals surface area contributed by atoms with Crippen LogP contribution in [0.5, 0.6) is 5.75 Å². The summed E-state index contributed by atoms with van der Waals surface area (Å²) in [5, 5.41) is 3.35. The third-order valence-electron chi connectivity index (χ3n) is 4.16. The second-order valence-corrected chi connectivity index (χ2v) is 6.29. The van der Waals surface area contributed by atoms with Crippen LogP contribution in [0.25, 0.3) is 0 Å². The Hall–Kier alpha value is -1.59. The smallest absolute Gasteiger partial charge is 0.220 e. The predicted molar refractivity (Wildman–Crippen MR) is 102 cm³/mol. The van der Waals surface area contributed by atoms with E-state index < -0.39 is 0 Å². The monoisotopic (exact) mass is 368 g/mol. The third-order valence-corrected chi connectivity index (χ3v) is 4.39. The summed E-state index contributed by atoms with van der Waals surface area (Å²) in [6, 6.07) is 4.90. The van der Waals surface area contributed by atoms with E-state index in [1.165, 1.54) is 7.11 Å². The van der Waals surface area contributed by atoms with Crippen molar-refractivity contribution in [2.75, 3.05) is 33.3 Å². The molecular formula is C19H29ClN2O3. The van der Waals surface area contributed by atoms with Crippen molar-refractivity contribution in [2.24, 2.45) is 0 Å². The Bertz CT molecular complexity index is 560. The minimum Gasteiger partial charge on any atom is -0.496 e. The molecule has 140 valence electrons. The van der Waals surface area contributed by atoms with Crippen molar-refractivity contribution < 1.29 is 14.3 Å². The molecule has 1 aromatic carbocycles. The molecule has 0 spiro atoms. The van der Waals surface area contributed by atoms with Gasteiger partial charge in [0.05, 0.1) is 12.7 Å². The van der Waals surface area contributed by atoms with E-state index in [0.717, 1.165) is 32.5 Å². The van der Waals surface area contributed by atoms with Gasteiger partial charge in [0.25, 0.3) is 0 Å². The number of ether oxygens (including phenoxy) is 1. The lowest BCUT2D eigenvalue weighted by atomic mass is 10.1. The minimum absolute atomic E-state index is 0.0998. The van der Waals surface area contributed by atoms with E-state index in [1.807, 2.05) is 0 Å². The highest BCUT2D eigenvalue weighted by molar-refractivity contribution is 6.31. The van der Waals surface area contributed by atoms with E-state index in [2.05, 4.69) is 24.1 Å². The van der Waals surface area contributed by atoms with Crippen LogP contribution in [-0.4, -0.2) is 49.9 Å². The normalized spacial score (nSPS) is 10.8. The number of amides is 1. The number of hydrogen-bond acceptors (Lipinski definition) is 4. The van der Waals surface area contributed by atoms with Gasteiger partial charge in [-0.15, -0.1) is 0 Å². The molecule has 0 saturated carbocycles. The van der Waals surface area contributed by atoms with Crippen molar-refractivity contribution in [3.8, 4) is 5.75 Å². The molecule has 0 saturated heterocycles. The molecule has 0 unspecified atom stereocenters. The van der Waals surface area contributed by atoms with E-state index in [1.54, 1.807) is 18.2 Å². The first kappa shape index (κ1) is 21.5. The lowest BCUT2D eigenvalue weighted by Gasteiger charge is -2.17.